The van der Waals surface area contributed by atoms with Crippen molar-refractivity contribution in [3.8, 4) is 0 Å². The molecule has 0 aromatic rings. The van der Waals surface area contributed by atoms with E-state index < -0.39 is 0 Å². The molecule has 0 aromatic carbocycles. The van der Waals surface area contributed by atoms with Gasteiger partial charge in [-0.15, -0.1) is 0 Å². The fourth-order valence-electron chi connectivity index (χ4n) is 1.35. The second kappa shape index (κ2) is 9.78. The molecular formula is C10H21IO. The molecule has 0 aliphatic heterocycles. The van der Waals surface area contributed by atoms with Crippen LogP contribution in [0.5, 0.6) is 0 Å². The standard InChI is InChI=1S/C10H21IO/c1-10(7-5-9-12)6-3-2-4-8-11/h10,12H,2-9H2,1H3/t10-/m0/s1. The molecule has 0 radical (unpaired) electrons. The van der Waals surface area contributed by atoms with Gasteiger partial charge in [0.2, 0.25) is 0 Å². The molecule has 0 aliphatic rings. The Bertz CT molecular complexity index is 85.9. The largest absolute Gasteiger partial charge is 0.396 e. The highest BCUT2D eigenvalue weighted by atomic mass is 127. The molecule has 2 heteroatoms. The van der Waals surface area contributed by atoms with Crippen LogP contribution < -0.4 is 0 Å². The lowest BCUT2D eigenvalue weighted by Gasteiger charge is -2.09. The molecule has 12 heavy (non-hydrogen) atoms. The summed E-state index contributed by atoms with van der Waals surface area (Å²) in [4.78, 5) is 0. The van der Waals surface area contributed by atoms with Gasteiger partial charge in [0.1, 0.15) is 0 Å². The highest BCUT2D eigenvalue weighted by molar-refractivity contribution is 14.1. The Kier molecular flexibility index (Phi) is 10.3. The van der Waals surface area contributed by atoms with Gasteiger partial charge in [0.25, 0.3) is 0 Å². The van der Waals surface area contributed by atoms with Crippen molar-refractivity contribution < 1.29 is 5.11 Å². The Balaban J connectivity index is 3.02. The van der Waals surface area contributed by atoms with Crippen LogP contribution in [0.4, 0.5) is 0 Å². The summed E-state index contributed by atoms with van der Waals surface area (Å²) in [6.07, 6.45) is 7.64. The summed E-state index contributed by atoms with van der Waals surface area (Å²) in [5.74, 6) is 0.811. The fraction of sp³-hybridized carbons (Fsp3) is 1.00. The molecule has 0 bridgehead atoms. The summed E-state index contributed by atoms with van der Waals surface area (Å²) >= 11 is 2.43. The maximum Gasteiger partial charge on any atom is 0.0431 e. The average Bonchev–Trinajstić information content (AvgIpc) is 2.09. The van der Waals surface area contributed by atoms with E-state index in [9.17, 15) is 0 Å². The van der Waals surface area contributed by atoms with Crippen molar-refractivity contribution in [2.24, 2.45) is 5.92 Å². The Morgan fingerprint density at radius 3 is 2.33 bits per heavy atom. The summed E-state index contributed by atoms with van der Waals surface area (Å²) in [7, 11) is 0. The summed E-state index contributed by atoms with van der Waals surface area (Å²) in [5, 5.41) is 8.62. The predicted octanol–water partition coefficient (Wildman–Crippen LogP) is 3.39. The second-order valence-corrected chi connectivity index (χ2v) is 4.59. The van der Waals surface area contributed by atoms with E-state index >= 15 is 0 Å². The fourth-order valence-corrected chi connectivity index (χ4v) is 1.89. The van der Waals surface area contributed by atoms with Crippen molar-refractivity contribution in [1.29, 1.82) is 0 Å². The minimum atomic E-state index is 0.359. The van der Waals surface area contributed by atoms with Gasteiger partial charge in [-0.2, -0.15) is 0 Å². The molecule has 0 rings (SSSR count). The van der Waals surface area contributed by atoms with E-state index in [1.807, 2.05) is 0 Å². The molecule has 0 unspecified atom stereocenters. The number of aliphatic hydroxyl groups excluding tert-OH is 1. The van der Waals surface area contributed by atoms with E-state index in [0.29, 0.717) is 6.61 Å². The molecule has 1 atom stereocenters. The van der Waals surface area contributed by atoms with Gasteiger partial charge in [-0.3, -0.25) is 0 Å². The van der Waals surface area contributed by atoms with Crippen LogP contribution in [0.25, 0.3) is 0 Å². The third-order valence-corrected chi connectivity index (χ3v) is 2.95. The molecule has 0 saturated carbocycles. The summed E-state index contributed by atoms with van der Waals surface area (Å²) in [6, 6.07) is 0. The highest BCUT2D eigenvalue weighted by Gasteiger charge is 2.00. The normalized spacial score (nSPS) is 13.2. The molecule has 1 nitrogen and oxygen atoms in total. The number of unbranched alkanes of at least 4 members (excludes halogenated alkanes) is 2. The topological polar surface area (TPSA) is 20.2 Å². The van der Waals surface area contributed by atoms with Gasteiger partial charge in [-0.25, -0.2) is 0 Å². The van der Waals surface area contributed by atoms with E-state index in [-0.39, 0.29) is 0 Å². The minimum absolute atomic E-state index is 0.359. The molecule has 0 aromatic heterocycles. The number of rotatable bonds is 8. The van der Waals surface area contributed by atoms with Crippen LogP contribution in [-0.4, -0.2) is 16.1 Å². The molecule has 0 saturated heterocycles. The third kappa shape index (κ3) is 8.78. The van der Waals surface area contributed by atoms with Crippen LogP contribution in [0.1, 0.15) is 45.4 Å². The zero-order chi connectivity index (χ0) is 9.23. The zero-order valence-corrected chi connectivity index (χ0v) is 10.2. The van der Waals surface area contributed by atoms with Gasteiger partial charge in [0.15, 0.2) is 0 Å². The Morgan fingerprint density at radius 2 is 1.75 bits per heavy atom. The molecule has 0 spiro atoms. The summed E-state index contributed by atoms with van der Waals surface area (Å²) < 4.78 is 1.29. The Morgan fingerprint density at radius 1 is 1.08 bits per heavy atom. The van der Waals surface area contributed by atoms with E-state index in [2.05, 4.69) is 29.5 Å². The monoisotopic (exact) mass is 284 g/mol. The number of aliphatic hydroxyl groups is 1. The molecule has 0 aliphatic carbocycles. The number of hydrogen-bond acceptors (Lipinski definition) is 1. The van der Waals surface area contributed by atoms with Crippen molar-refractivity contribution in [2.45, 2.75) is 45.4 Å². The summed E-state index contributed by atoms with van der Waals surface area (Å²) in [5.41, 5.74) is 0. The first kappa shape index (κ1) is 12.7. The van der Waals surface area contributed by atoms with Gasteiger partial charge in [-0.1, -0.05) is 48.8 Å². The van der Waals surface area contributed by atoms with Crippen LogP contribution in [0, 0.1) is 5.92 Å². The van der Waals surface area contributed by atoms with E-state index in [0.717, 1.165) is 12.3 Å². The maximum atomic E-state index is 8.62. The molecule has 1 N–H and O–H groups in total. The first-order valence-corrected chi connectivity index (χ1v) is 6.50. The van der Waals surface area contributed by atoms with Gasteiger partial charge < -0.3 is 5.11 Å². The third-order valence-electron chi connectivity index (χ3n) is 2.19. The smallest absolute Gasteiger partial charge is 0.0431 e. The van der Waals surface area contributed by atoms with Crippen LogP contribution in [0.3, 0.4) is 0 Å². The van der Waals surface area contributed by atoms with E-state index in [4.69, 9.17) is 5.11 Å². The van der Waals surface area contributed by atoms with Gasteiger partial charge in [-0.05, 0) is 29.6 Å². The maximum absolute atomic E-state index is 8.62. The Labute approximate surface area is 90.1 Å². The average molecular weight is 284 g/mol. The van der Waals surface area contributed by atoms with Crippen LogP contribution in [0.2, 0.25) is 0 Å². The lowest BCUT2D eigenvalue weighted by molar-refractivity contribution is 0.271. The quantitative estimate of drug-likeness (QED) is 0.411. The van der Waals surface area contributed by atoms with Gasteiger partial charge >= 0.3 is 0 Å². The van der Waals surface area contributed by atoms with Crippen molar-refractivity contribution in [2.75, 3.05) is 11.0 Å². The van der Waals surface area contributed by atoms with Crippen molar-refractivity contribution in [3.63, 3.8) is 0 Å². The lowest BCUT2D eigenvalue weighted by atomic mass is 9.99. The second-order valence-electron chi connectivity index (χ2n) is 3.51. The van der Waals surface area contributed by atoms with E-state index in [1.165, 1.54) is 36.5 Å². The molecule has 74 valence electrons. The SMILES string of the molecule is C[C@H](CCCO)CCCCCI. The first-order chi connectivity index (χ1) is 5.81. The molecular weight excluding hydrogens is 263 g/mol. The number of hydrogen-bond donors (Lipinski definition) is 1. The van der Waals surface area contributed by atoms with Crippen molar-refractivity contribution in [1.82, 2.24) is 0 Å². The van der Waals surface area contributed by atoms with Gasteiger partial charge in [0, 0.05) is 6.61 Å². The van der Waals surface area contributed by atoms with Crippen LogP contribution >= 0.6 is 22.6 Å². The molecule has 0 amide bonds. The summed E-state index contributed by atoms with van der Waals surface area (Å²) in [6.45, 7) is 2.65. The van der Waals surface area contributed by atoms with E-state index in [1.54, 1.807) is 0 Å². The highest BCUT2D eigenvalue weighted by Crippen LogP contribution is 2.14. The predicted molar refractivity (Wildman–Crippen MR) is 62.8 cm³/mol. The van der Waals surface area contributed by atoms with Crippen LogP contribution in [-0.2, 0) is 0 Å². The number of halogens is 1. The lowest BCUT2D eigenvalue weighted by Crippen LogP contribution is -1.96. The van der Waals surface area contributed by atoms with Crippen molar-refractivity contribution in [3.05, 3.63) is 0 Å². The zero-order valence-electron chi connectivity index (χ0n) is 8.06. The van der Waals surface area contributed by atoms with Crippen molar-refractivity contribution >= 4 is 22.6 Å². The first-order valence-electron chi connectivity index (χ1n) is 4.98. The minimum Gasteiger partial charge on any atom is -0.396 e. The molecule has 0 fully saturated rings. The van der Waals surface area contributed by atoms with Crippen LogP contribution in [0.15, 0.2) is 0 Å². The number of alkyl halides is 1. The molecule has 0 heterocycles. The van der Waals surface area contributed by atoms with Gasteiger partial charge in [0.05, 0.1) is 0 Å². The Hall–Kier alpha value is 0.690.